The summed E-state index contributed by atoms with van der Waals surface area (Å²) in [4.78, 5) is 11.1. The summed E-state index contributed by atoms with van der Waals surface area (Å²) in [6, 6.07) is 1.72. The molecule has 3 N–H and O–H groups in total. The van der Waals surface area contributed by atoms with Crippen LogP contribution in [0.2, 0.25) is 0 Å². The first kappa shape index (κ1) is 13.6. The van der Waals surface area contributed by atoms with Crippen LogP contribution in [-0.2, 0) is 0 Å². The number of hydrogen-bond acceptors (Lipinski definition) is 5. The van der Waals surface area contributed by atoms with Crippen molar-refractivity contribution in [1.29, 1.82) is 0 Å². The van der Waals surface area contributed by atoms with Crippen molar-refractivity contribution in [2.75, 3.05) is 18.0 Å². The van der Waals surface area contributed by atoms with Gasteiger partial charge in [-0.25, -0.2) is 9.97 Å². The predicted molar refractivity (Wildman–Crippen MR) is 74.5 cm³/mol. The smallest absolute Gasteiger partial charge is 0.226 e. The fourth-order valence-electron chi connectivity index (χ4n) is 2.03. The second-order valence-corrected chi connectivity index (χ2v) is 5.07. The van der Waals surface area contributed by atoms with Gasteiger partial charge in [0.1, 0.15) is 5.69 Å². The molecule has 0 amide bonds. The highest BCUT2D eigenvalue weighted by atomic mass is 16.4. The Kier molecular flexibility index (Phi) is 4.19. The average molecular weight is 263 g/mol. The lowest BCUT2D eigenvalue weighted by atomic mass is 10.3. The van der Waals surface area contributed by atoms with Crippen LogP contribution in [0.1, 0.15) is 37.6 Å². The van der Waals surface area contributed by atoms with E-state index in [2.05, 4.69) is 26.9 Å². The van der Waals surface area contributed by atoms with E-state index < -0.39 is 0 Å². The zero-order chi connectivity index (χ0) is 13.8. The molecule has 19 heavy (non-hydrogen) atoms. The maximum atomic E-state index is 8.76. The molecule has 0 aromatic carbocycles. The quantitative estimate of drug-likeness (QED) is 0.351. The summed E-state index contributed by atoms with van der Waals surface area (Å²) in [6.07, 6.45) is 3.63. The van der Waals surface area contributed by atoms with E-state index >= 15 is 0 Å². The van der Waals surface area contributed by atoms with Crippen LogP contribution in [-0.4, -0.2) is 34.1 Å². The second-order valence-electron chi connectivity index (χ2n) is 5.07. The van der Waals surface area contributed by atoms with Crippen molar-refractivity contribution in [3.63, 3.8) is 0 Å². The SMILES string of the molecule is CCCN(CC1CC1)c1nc(C)cc(/C(N)=N/O)n1. The van der Waals surface area contributed by atoms with Gasteiger partial charge in [-0.15, -0.1) is 0 Å². The van der Waals surface area contributed by atoms with Gasteiger partial charge in [0.2, 0.25) is 5.95 Å². The monoisotopic (exact) mass is 263 g/mol. The van der Waals surface area contributed by atoms with Crippen LogP contribution in [0.3, 0.4) is 0 Å². The third kappa shape index (κ3) is 3.56. The van der Waals surface area contributed by atoms with E-state index in [1.807, 2.05) is 6.92 Å². The van der Waals surface area contributed by atoms with Gasteiger partial charge in [-0.2, -0.15) is 0 Å². The Morgan fingerprint density at radius 3 is 2.84 bits per heavy atom. The van der Waals surface area contributed by atoms with Gasteiger partial charge >= 0.3 is 0 Å². The van der Waals surface area contributed by atoms with Crippen molar-refractivity contribution in [2.24, 2.45) is 16.8 Å². The Balaban J connectivity index is 2.26. The third-order valence-corrected chi connectivity index (χ3v) is 3.16. The number of anilines is 1. The first-order valence-corrected chi connectivity index (χ1v) is 6.72. The maximum absolute atomic E-state index is 8.76. The zero-order valence-corrected chi connectivity index (χ0v) is 11.5. The standard InChI is InChI=1S/C13H21N5O/c1-3-6-18(8-10-4-5-10)13-15-9(2)7-11(16-13)12(14)17-19/h7,10,19H,3-6,8H2,1-2H3,(H2,14,17). The Bertz CT molecular complexity index is 470. The van der Waals surface area contributed by atoms with Crippen molar-refractivity contribution in [1.82, 2.24) is 9.97 Å². The molecule has 6 heteroatoms. The molecular formula is C13H21N5O. The zero-order valence-electron chi connectivity index (χ0n) is 11.5. The molecule has 0 spiro atoms. The van der Waals surface area contributed by atoms with E-state index in [-0.39, 0.29) is 5.84 Å². The Labute approximate surface area is 113 Å². The number of aryl methyl sites for hydroxylation is 1. The van der Waals surface area contributed by atoms with E-state index in [0.717, 1.165) is 31.1 Å². The Morgan fingerprint density at radius 1 is 1.53 bits per heavy atom. The number of hydrogen-bond donors (Lipinski definition) is 2. The molecular weight excluding hydrogens is 242 g/mol. The Morgan fingerprint density at radius 2 is 2.26 bits per heavy atom. The van der Waals surface area contributed by atoms with Crippen molar-refractivity contribution in [3.8, 4) is 0 Å². The molecule has 0 unspecified atom stereocenters. The molecule has 6 nitrogen and oxygen atoms in total. The lowest BCUT2D eigenvalue weighted by Crippen LogP contribution is -2.29. The highest BCUT2D eigenvalue weighted by Crippen LogP contribution is 2.30. The van der Waals surface area contributed by atoms with Gasteiger partial charge in [0.05, 0.1) is 0 Å². The number of oxime groups is 1. The average Bonchev–Trinajstić information content (AvgIpc) is 3.20. The molecule has 1 heterocycles. The van der Waals surface area contributed by atoms with Crippen LogP contribution in [0.15, 0.2) is 11.2 Å². The summed E-state index contributed by atoms with van der Waals surface area (Å²) < 4.78 is 0. The minimum absolute atomic E-state index is 0.0228. The maximum Gasteiger partial charge on any atom is 0.226 e. The molecule has 2 rings (SSSR count). The molecule has 1 saturated carbocycles. The lowest BCUT2D eigenvalue weighted by Gasteiger charge is -2.22. The van der Waals surface area contributed by atoms with Crippen LogP contribution in [0, 0.1) is 12.8 Å². The van der Waals surface area contributed by atoms with Crippen LogP contribution in [0.4, 0.5) is 5.95 Å². The normalized spacial score (nSPS) is 15.6. The number of rotatable bonds is 6. The molecule has 1 aliphatic rings. The van der Waals surface area contributed by atoms with Crippen LogP contribution < -0.4 is 10.6 Å². The molecule has 1 aromatic heterocycles. The van der Waals surface area contributed by atoms with Crippen molar-refractivity contribution in [3.05, 3.63) is 17.5 Å². The lowest BCUT2D eigenvalue weighted by molar-refractivity contribution is 0.318. The van der Waals surface area contributed by atoms with E-state index in [4.69, 9.17) is 10.9 Å². The summed E-state index contributed by atoms with van der Waals surface area (Å²) >= 11 is 0. The molecule has 0 atom stereocenters. The number of nitrogens with two attached hydrogens (primary N) is 1. The van der Waals surface area contributed by atoms with E-state index in [0.29, 0.717) is 11.6 Å². The number of aromatic nitrogens is 2. The highest BCUT2D eigenvalue weighted by Gasteiger charge is 2.25. The number of nitrogens with zero attached hydrogens (tertiary/aromatic N) is 4. The predicted octanol–water partition coefficient (Wildman–Crippen LogP) is 1.51. The van der Waals surface area contributed by atoms with E-state index in [1.54, 1.807) is 6.07 Å². The largest absolute Gasteiger partial charge is 0.409 e. The first-order valence-electron chi connectivity index (χ1n) is 6.72. The summed E-state index contributed by atoms with van der Waals surface area (Å²) in [5.74, 6) is 1.47. The summed E-state index contributed by atoms with van der Waals surface area (Å²) in [6.45, 7) is 5.95. The Hall–Kier alpha value is -1.85. The van der Waals surface area contributed by atoms with Crippen LogP contribution in [0.5, 0.6) is 0 Å². The van der Waals surface area contributed by atoms with Gasteiger partial charge in [-0.1, -0.05) is 12.1 Å². The molecule has 1 aliphatic carbocycles. The van der Waals surface area contributed by atoms with E-state index in [9.17, 15) is 0 Å². The third-order valence-electron chi connectivity index (χ3n) is 3.16. The van der Waals surface area contributed by atoms with Crippen molar-refractivity contribution in [2.45, 2.75) is 33.1 Å². The minimum atomic E-state index is 0.0228. The molecule has 0 bridgehead atoms. The molecule has 1 fully saturated rings. The number of amidine groups is 1. The van der Waals surface area contributed by atoms with Gasteiger partial charge in [-0.3, -0.25) is 0 Å². The van der Waals surface area contributed by atoms with Crippen molar-refractivity contribution < 1.29 is 5.21 Å². The van der Waals surface area contributed by atoms with E-state index in [1.165, 1.54) is 12.8 Å². The second kappa shape index (κ2) is 5.86. The van der Waals surface area contributed by atoms with Gasteiger partial charge in [0.25, 0.3) is 0 Å². The van der Waals surface area contributed by atoms with Gasteiger partial charge < -0.3 is 15.8 Å². The first-order chi connectivity index (χ1) is 9.13. The molecule has 0 saturated heterocycles. The molecule has 104 valence electrons. The van der Waals surface area contributed by atoms with Gasteiger partial charge in [-0.05, 0) is 38.2 Å². The molecule has 0 radical (unpaired) electrons. The molecule has 1 aromatic rings. The highest BCUT2D eigenvalue weighted by molar-refractivity contribution is 5.95. The van der Waals surface area contributed by atoms with Crippen molar-refractivity contribution >= 4 is 11.8 Å². The summed E-state index contributed by atoms with van der Waals surface area (Å²) in [7, 11) is 0. The summed E-state index contributed by atoms with van der Waals surface area (Å²) in [5, 5.41) is 11.8. The van der Waals surface area contributed by atoms with Gasteiger partial charge in [0, 0.05) is 18.8 Å². The molecule has 0 aliphatic heterocycles. The fraction of sp³-hybridized carbons (Fsp3) is 0.615. The summed E-state index contributed by atoms with van der Waals surface area (Å²) in [5.41, 5.74) is 6.91. The fourth-order valence-corrected chi connectivity index (χ4v) is 2.03. The van der Waals surface area contributed by atoms with Crippen LogP contribution >= 0.6 is 0 Å². The van der Waals surface area contributed by atoms with Crippen LogP contribution in [0.25, 0.3) is 0 Å². The topological polar surface area (TPSA) is 87.6 Å². The van der Waals surface area contributed by atoms with Gasteiger partial charge in [0.15, 0.2) is 5.84 Å². The minimum Gasteiger partial charge on any atom is -0.409 e.